The first kappa shape index (κ1) is 18.6. The second-order valence-corrected chi connectivity index (χ2v) is 9.92. The first-order chi connectivity index (χ1) is 7.51. The molecule has 0 fully saturated rings. The van der Waals surface area contributed by atoms with Gasteiger partial charge in [-0.05, 0) is 46.1 Å². The van der Waals surface area contributed by atoms with Crippen molar-refractivity contribution in [2.75, 3.05) is 36.7 Å². The Morgan fingerprint density at radius 1 is 1.06 bits per heavy atom. The summed E-state index contributed by atoms with van der Waals surface area (Å²) in [6.07, 6.45) is 7.85. The fraction of sp³-hybridized carbons (Fsp3) is 0.917. The Kier molecular flexibility index (Phi) is 13.6. The summed E-state index contributed by atoms with van der Waals surface area (Å²) < 4.78 is 0. The molecule has 0 amide bonds. The zero-order chi connectivity index (χ0) is 13.0. The monoisotopic (exact) mass is 266 g/mol. The maximum Gasteiger partial charge on any atom is 0.0565 e. The number of rotatable bonds is 7. The van der Waals surface area contributed by atoms with Crippen molar-refractivity contribution in [3.05, 3.63) is 0 Å². The molecule has 0 heterocycles. The van der Waals surface area contributed by atoms with Crippen molar-refractivity contribution < 1.29 is 9.90 Å². The van der Waals surface area contributed by atoms with Crippen LogP contribution in [0.2, 0.25) is 0 Å². The minimum absolute atomic E-state index is 0.168. The molecule has 0 aliphatic heterocycles. The van der Waals surface area contributed by atoms with Gasteiger partial charge in [-0.3, -0.25) is 0 Å². The van der Waals surface area contributed by atoms with E-state index < -0.39 is 13.2 Å². The van der Waals surface area contributed by atoms with E-state index in [-0.39, 0.29) is 6.42 Å². The van der Waals surface area contributed by atoms with Gasteiger partial charge in [0.2, 0.25) is 0 Å². The number of carboxylic acids is 1. The minimum atomic E-state index is -0.964. The molecule has 0 aromatic heterocycles. The fourth-order valence-corrected chi connectivity index (χ4v) is 4.58. The van der Waals surface area contributed by atoms with Crippen LogP contribution in [0.4, 0.5) is 0 Å². The SMILES string of the molecule is CC[P+](CC)(CC)CC.CSCCC(=O)[O-]. The van der Waals surface area contributed by atoms with Crippen LogP contribution >= 0.6 is 19.0 Å². The van der Waals surface area contributed by atoms with Crippen LogP contribution in [0.25, 0.3) is 0 Å². The van der Waals surface area contributed by atoms with Gasteiger partial charge in [-0.2, -0.15) is 11.8 Å². The summed E-state index contributed by atoms with van der Waals surface area (Å²) in [5, 5.41) is 9.63. The van der Waals surface area contributed by atoms with Gasteiger partial charge in [-0.25, -0.2) is 0 Å². The van der Waals surface area contributed by atoms with E-state index in [2.05, 4.69) is 27.7 Å². The van der Waals surface area contributed by atoms with Crippen LogP contribution in [0.3, 0.4) is 0 Å². The third-order valence-electron chi connectivity index (χ3n) is 3.19. The van der Waals surface area contributed by atoms with Crippen LogP contribution in [-0.4, -0.2) is 42.6 Å². The van der Waals surface area contributed by atoms with Crippen molar-refractivity contribution in [1.29, 1.82) is 0 Å². The summed E-state index contributed by atoms with van der Waals surface area (Å²) >= 11 is 1.51. The van der Waals surface area contributed by atoms with E-state index in [0.717, 1.165) is 0 Å². The molecule has 98 valence electrons. The molecule has 0 rings (SSSR count). The number of thioether (sulfide) groups is 1. The molecule has 0 aliphatic carbocycles. The Morgan fingerprint density at radius 2 is 1.44 bits per heavy atom. The molecule has 0 unspecified atom stereocenters. The predicted molar refractivity (Wildman–Crippen MR) is 77.1 cm³/mol. The van der Waals surface area contributed by atoms with E-state index in [1.54, 1.807) is 0 Å². The highest BCUT2D eigenvalue weighted by Gasteiger charge is 2.27. The topological polar surface area (TPSA) is 40.1 Å². The van der Waals surface area contributed by atoms with Crippen LogP contribution in [0.15, 0.2) is 0 Å². The normalized spacial score (nSPS) is 10.6. The van der Waals surface area contributed by atoms with Crippen LogP contribution in [-0.2, 0) is 4.79 Å². The van der Waals surface area contributed by atoms with Gasteiger partial charge in [-0.15, -0.1) is 0 Å². The molecular weight excluding hydrogens is 239 g/mol. The number of carboxylic acid groups (broad SMARTS) is 1. The summed E-state index contributed by atoms with van der Waals surface area (Å²) in [5.74, 6) is -0.308. The maximum absolute atomic E-state index is 9.63. The fourth-order valence-electron chi connectivity index (χ4n) is 1.53. The van der Waals surface area contributed by atoms with Gasteiger partial charge in [0.15, 0.2) is 0 Å². The molecule has 16 heavy (non-hydrogen) atoms. The lowest BCUT2D eigenvalue weighted by Gasteiger charge is -2.20. The van der Waals surface area contributed by atoms with Crippen molar-refractivity contribution in [2.45, 2.75) is 34.1 Å². The Morgan fingerprint density at radius 3 is 1.50 bits per heavy atom. The molecule has 0 aromatic carbocycles. The lowest BCUT2D eigenvalue weighted by atomic mass is 10.5. The molecule has 0 N–H and O–H groups in total. The van der Waals surface area contributed by atoms with Crippen molar-refractivity contribution in [3.8, 4) is 0 Å². The number of carbonyl (C=O) groups excluding carboxylic acids is 1. The number of hydrogen-bond acceptors (Lipinski definition) is 3. The van der Waals surface area contributed by atoms with Crippen molar-refractivity contribution >= 4 is 25.0 Å². The zero-order valence-corrected chi connectivity index (χ0v) is 13.1. The Labute approximate surface area is 106 Å². The Bertz CT molecular complexity index is 153. The van der Waals surface area contributed by atoms with Crippen molar-refractivity contribution in [3.63, 3.8) is 0 Å². The average molecular weight is 266 g/mol. The molecule has 2 nitrogen and oxygen atoms in total. The first-order valence-electron chi connectivity index (χ1n) is 6.05. The maximum atomic E-state index is 9.63. The van der Waals surface area contributed by atoms with Gasteiger partial charge >= 0.3 is 0 Å². The summed E-state index contributed by atoms with van der Waals surface area (Å²) in [4.78, 5) is 9.63. The zero-order valence-electron chi connectivity index (χ0n) is 11.4. The highest BCUT2D eigenvalue weighted by atomic mass is 32.2. The van der Waals surface area contributed by atoms with E-state index in [4.69, 9.17) is 0 Å². The molecule has 0 aromatic rings. The van der Waals surface area contributed by atoms with Gasteiger partial charge in [-0.1, -0.05) is 0 Å². The van der Waals surface area contributed by atoms with Gasteiger partial charge in [0.25, 0.3) is 0 Å². The molecule has 0 spiro atoms. The van der Waals surface area contributed by atoms with Gasteiger partial charge in [0.05, 0.1) is 24.6 Å². The first-order valence-corrected chi connectivity index (χ1v) is 9.98. The second-order valence-electron chi connectivity index (χ2n) is 3.72. The van der Waals surface area contributed by atoms with E-state index >= 15 is 0 Å². The van der Waals surface area contributed by atoms with E-state index in [0.29, 0.717) is 5.75 Å². The van der Waals surface area contributed by atoms with Crippen LogP contribution in [0.5, 0.6) is 0 Å². The van der Waals surface area contributed by atoms with Crippen molar-refractivity contribution in [1.82, 2.24) is 0 Å². The lowest BCUT2D eigenvalue weighted by Crippen LogP contribution is -2.22. The lowest BCUT2D eigenvalue weighted by molar-refractivity contribution is -0.305. The molecule has 0 saturated heterocycles. The third-order valence-corrected chi connectivity index (χ3v) is 9.17. The molecule has 0 radical (unpaired) electrons. The van der Waals surface area contributed by atoms with Gasteiger partial charge in [0.1, 0.15) is 0 Å². The van der Waals surface area contributed by atoms with Gasteiger partial charge < -0.3 is 9.90 Å². The molecule has 0 saturated carbocycles. The van der Waals surface area contributed by atoms with Crippen LogP contribution in [0.1, 0.15) is 34.1 Å². The smallest absolute Gasteiger partial charge is 0.0565 e. The Hall–Kier alpha value is 0.250. The largest absolute Gasteiger partial charge is 0.550 e. The Balaban J connectivity index is 0. The molecule has 0 aliphatic rings. The summed E-state index contributed by atoms with van der Waals surface area (Å²) in [7, 11) is -0.420. The number of aliphatic carboxylic acids is 1. The summed E-state index contributed by atoms with van der Waals surface area (Å²) in [5.41, 5.74) is 0. The van der Waals surface area contributed by atoms with Crippen LogP contribution in [0, 0.1) is 0 Å². The van der Waals surface area contributed by atoms with E-state index in [1.165, 1.54) is 36.4 Å². The third kappa shape index (κ3) is 9.47. The second kappa shape index (κ2) is 11.7. The quantitative estimate of drug-likeness (QED) is 0.665. The summed E-state index contributed by atoms with van der Waals surface area (Å²) in [6.45, 7) is 9.41. The van der Waals surface area contributed by atoms with Crippen LogP contribution < -0.4 is 5.11 Å². The van der Waals surface area contributed by atoms with Gasteiger partial charge in [0, 0.05) is 13.2 Å². The summed E-state index contributed by atoms with van der Waals surface area (Å²) in [6, 6.07) is 0. The standard InChI is InChI=1S/C8H20P.C4H8O2S/c1-5-9(6-2,7-3)8-4;1-7-3-2-4(5)6/h5-8H2,1-4H3;2-3H2,1H3,(H,5,6)/q+1;/p-1. The average Bonchev–Trinajstić information content (AvgIpc) is 2.31. The highest BCUT2D eigenvalue weighted by molar-refractivity contribution is 7.98. The number of carbonyl (C=O) groups is 1. The minimum Gasteiger partial charge on any atom is -0.550 e. The van der Waals surface area contributed by atoms with Crippen molar-refractivity contribution in [2.24, 2.45) is 0 Å². The van der Waals surface area contributed by atoms with E-state index in [9.17, 15) is 9.90 Å². The molecular formula is C12H27O2PS. The number of hydrogen-bond donors (Lipinski definition) is 0. The highest BCUT2D eigenvalue weighted by Crippen LogP contribution is 2.57. The molecule has 0 atom stereocenters. The predicted octanol–water partition coefficient (Wildman–Crippen LogP) is 2.57. The molecule has 0 bridgehead atoms. The van der Waals surface area contributed by atoms with E-state index in [1.807, 2.05) is 6.26 Å². The molecule has 4 heteroatoms.